The lowest BCUT2D eigenvalue weighted by Gasteiger charge is -2.16. The Labute approximate surface area is 190 Å². The van der Waals surface area contributed by atoms with Gasteiger partial charge in [-0.1, -0.05) is 63.6 Å². The van der Waals surface area contributed by atoms with Crippen molar-refractivity contribution in [1.29, 1.82) is 0 Å². The van der Waals surface area contributed by atoms with Crippen LogP contribution in [-0.4, -0.2) is 42.5 Å². The Morgan fingerprint density at radius 3 is 2.44 bits per heavy atom. The molecule has 0 bridgehead atoms. The van der Waals surface area contributed by atoms with Gasteiger partial charge >= 0.3 is 5.97 Å². The molecule has 0 radical (unpaired) electrons. The fourth-order valence-corrected chi connectivity index (χ4v) is 3.77. The predicted octanol–water partition coefficient (Wildman–Crippen LogP) is 4.02. The molecule has 1 aromatic heterocycles. The van der Waals surface area contributed by atoms with Crippen molar-refractivity contribution in [2.45, 2.75) is 77.2 Å². The number of carbonyl (C=O) groups excluding carboxylic acids is 3. The van der Waals surface area contributed by atoms with E-state index in [0.29, 0.717) is 12.8 Å². The first-order valence-corrected chi connectivity index (χ1v) is 11.7. The van der Waals surface area contributed by atoms with Crippen LogP contribution in [0.1, 0.15) is 70.3 Å². The lowest BCUT2D eigenvalue weighted by atomic mass is 10.0. The minimum atomic E-state index is -0.782. The number of ether oxygens (including phenoxy) is 1. The number of para-hydroxylation sites is 1. The number of aromatic amines is 1. The van der Waals surface area contributed by atoms with E-state index in [4.69, 9.17) is 4.74 Å². The summed E-state index contributed by atoms with van der Waals surface area (Å²) in [6, 6.07) is 7.01. The number of unbranched alkanes of at least 4 members (excludes halogenated alkanes) is 6. The van der Waals surface area contributed by atoms with Crippen LogP contribution < -0.4 is 10.6 Å². The van der Waals surface area contributed by atoms with Crippen molar-refractivity contribution in [2.75, 3.05) is 13.7 Å². The summed E-state index contributed by atoms with van der Waals surface area (Å²) in [6.45, 7) is 2.45. The molecule has 2 rings (SSSR count). The number of methoxy groups -OCH3 is 1. The van der Waals surface area contributed by atoms with Crippen LogP contribution in [0.2, 0.25) is 0 Å². The highest BCUT2D eigenvalue weighted by Crippen LogP contribution is 2.19. The molecule has 0 unspecified atom stereocenters. The Bertz CT molecular complexity index is 862. The number of hydrogen-bond donors (Lipinski definition) is 3. The van der Waals surface area contributed by atoms with Crippen LogP contribution in [-0.2, 0) is 25.5 Å². The number of H-pyrrole nitrogens is 1. The molecule has 7 nitrogen and oxygen atoms in total. The highest BCUT2D eigenvalue weighted by molar-refractivity contribution is 5.87. The van der Waals surface area contributed by atoms with Gasteiger partial charge in [-0.3, -0.25) is 9.59 Å². The maximum Gasteiger partial charge on any atom is 0.328 e. The smallest absolute Gasteiger partial charge is 0.328 e. The number of amides is 2. The van der Waals surface area contributed by atoms with Gasteiger partial charge in [-0.15, -0.1) is 0 Å². The zero-order chi connectivity index (χ0) is 23.2. The second-order valence-electron chi connectivity index (χ2n) is 8.18. The first-order valence-electron chi connectivity index (χ1n) is 11.7. The van der Waals surface area contributed by atoms with Gasteiger partial charge in [0.05, 0.1) is 7.11 Å². The SMILES string of the molecule is CCCCCCCCCC(=O)NCCC(=O)N[C@@H](Cc1c[nH]c2ccccc12)C(=O)OC. The summed E-state index contributed by atoms with van der Waals surface area (Å²) in [5, 5.41) is 6.54. The molecule has 32 heavy (non-hydrogen) atoms. The Kier molecular flexibility index (Phi) is 11.3. The van der Waals surface area contributed by atoms with Crippen LogP contribution in [0.3, 0.4) is 0 Å². The molecule has 176 valence electrons. The largest absolute Gasteiger partial charge is 0.467 e. The maximum absolute atomic E-state index is 12.4. The molecule has 7 heteroatoms. The van der Waals surface area contributed by atoms with Crippen LogP contribution in [0.15, 0.2) is 30.5 Å². The van der Waals surface area contributed by atoms with E-state index < -0.39 is 12.0 Å². The van der Waals surface area contributed by atoms with Crippen molar-refractivity contribution in [1.82, 2.24) is 15.6 Å². The zero-order valence-corrected chi connectivity index (χ0v) is 19.4. The number of nitrogens with one attached hydrogen (secondary N) is 3. The first kappa shape index (κ1) is 25.4. The monoisotopic (exact) mass is 443 g/mol. The maximum atomic E-state index is 12.4. The molecule has 1 atom stereocenters. The van der Waals surface area contributed by atoms with Gasteiger partial charge in [-0.25, -0.2) is 4.79 Å². The molecule has 0 fully saturated rings. The van der Waals surface area contributed by atoms with E-state index in [1.165, 1.54) is 39.2 Å². The van der Waals surface area contributed by atoms with Crippen molar-refractivity contribution >= 4 is 28.7 Å². The van der Waals surface area contributed by atoms with Crippen LogP contribution in [0.4, 0.5) is 0 Å². The lowest BCUT2D eigenvalue weighted by molar-refractivity contribution is -0.145. The molecule has 3 N–H and O–H groups in total. The number of rotatable bonds is 15. The van der Waals surface area contributed by atoms with Crippen molar-refractivity contribution in [2.24, 2.45) is 0 Å². The number of carbonyl (C=O) groups is 3. The average molecular weight is 444 g/mol. The highest BCUT2D eigenvalue weighted by Gasteiger charge is 2.23. The van der Waals surface area contributed by atoms with E-state index in [9.17, 15) is 14.4 Å². The molecule has 0 aliphatic carbocycles. The Morgan fingerprint density at radius 2 is 1.69 bits per heavy atom. The Hall–Kier alpha value is -2.83. The number of aromatic nitrogens is 1. The van der Waals surface area contributed by atoms with Crippen LogP contribution in [0, 0.1) is 0 Å². The normalized spacial score (nSPS) is 11.8. The molecule has 2 amide bonds. The number of fused-ring (bicyclic) bond motifs is 1. The first-order chi connectivity index (χ1) is 15.5. The molecular weight excluding hydrogens is 406 g/mol. The van der Waals surface area contributed by atoms with Gasteiger partial charge in [-0.2, -0.15) is 0 Å². The topological polar surface area (TPSA) is 100 Å². The van der Waals surface area contributed by atoms with E-state index in [2.05, 4.69) is 22.5 Å². The van der Waals surface area contributed by atoms with E-state index in [-0.39, 0.29) is 24.8 Å². The van der Waals surface area contributed by atoms with Gasteiger partial charge in [0.25, 0.3) is 0 Å². The summed E-state index contributed by atoms with van der Waals surface area (Å²) in [6.07, 6.45) is 10.9. The van der Waals surface area contributed by atoms with Gasteiger partial charge in [-0.05, 0) is 18.1 Å². The van der Waals surface area contributed by atoms with E-state index in [1.54, 1.807) is 0 Å². The van der Waals surface area contributed by atoms with Crippen molar-refractivity contribution in [3.05, 3.63) is 36.0 Å². The third-order valence-electron chi connectivity index (χ3n) is 5.60. The molecule has 0 aliphatic heterocycles. The molecule has 0 saturated heterocycles. The third-order valence-corrected chi connectivity index (χ3v) is 5.60. The number of esters is 1. The van der Waals surface area contributed by atoms with E-state index in [1.807, 2.05) is 30.5 Å². The lowest BCUT2D eigenvalue weighted by Crippen LogP contribution is -2.44. The minimum Gasteiger partial charge on any atom is -0.467 e. The fraction of sp³-hybridized carbons (Fsp3) is 0.560. The zero-order valence-electron chi connectivity index (χ0n) is 19.4. The summed E-state index contributed by atoms with van der Waals surface area (Å²) in [4.78, 5) is 39.7. The van der Waals surface area contributed by atoms with Gasteiger partial charge < -0.3 is 20.4 Å². The Balaban J connectivity index is 1.71. The molecule has 2 aromatic rings. The van der Waals surface area contributed by atoms with Crippen LogP contribution in [0.5, 0.6) is 0 Å². The number of benzene rings is 1. The predicted molar refractivity (Wildman–Crippen MR) is 126 cm³/mol. The van der Waals surface area contributed by atoms with E-state index >= 15 is 0 Å². The van der Waals surface area contributed by atoms with Gasteiger partial charge in [0.2, 0.25) is 11.8 Å². The second kappa shape index (κ2) is 14.3. The summed E-state index contributed by atoms with van der Waals surface area (Å²) >= 11 is 0. The minimum absolute atomic E-state index is 0.0327. The van der Waals surface area contributed by atoms with Gasteiger partial charge in [0, 0.05) is 42.9 Å². The summed E-state index contributed by atoms with van der Waals surface area (Å²) in [7, 11) is 1.31. The van der Waals surface area contributed by atoms with Crippen LogP contribution >= 0.6 is 0 Å². The van der Waals surface area contributed by atoms with Crippen molar-refractivity contribution < 1.29 is 19.1 Å². The molecule has 1 heterocycles. The summed E-state index contributed by atoms with van der Waals surface area (Å²) in [5.41, 5.74) is 1.90. The fourth-order valence-electron chi connectivity index (χ4n) is 3.77. The Morgan fingerprint density at radius 1 is 0.969 bits per heavy atom. The third kappa shape index (κ3) is 8.73. The molecule has 0 saturated carbocycles. The molecule has 1 aromatic carbocycles. The van der Waals surface area contributed by atoms with Crippen LogP contribution in [0.25, 0.3) is 10.9 Å². The standard InChI is InChI=1S/C25H37N3O4/c1-3-4-5-6-7-8-9-14-23(29)26-16-15-24(30)28-22(25(31)32-2)17-19-18-27-21-13-11-10-12-20(19)21/h10-13,18,22,27H,3-9,14-17H2,1-2H3,(H,26,29)(H,28,30)/t22-/m0/s1. The van der Waals surface area contributed by atoms with E-state index in [0.717, 1.165) is 29.3 Å². The molecule has 0 aliphatic rings. The second-order valence-corrected chi connectivity index (χ2v) is 8.18. The molecular formula is C25H37N3O4. The number of hydrogen-bond acceptors (Lipinski definition) is 4. The quantitative estimate of drug-likeness (QED) is 0.286. The summed E-state index contributed by atoms with van der Waals surface area (Å²) in [5.74, 6) is -0.822. The molecule has 0 spiro atoms. The van der Waals surface area contributed by atoms with Crippen molar-refractivity contribution in [3.8, 4) is 0 Å². The average Bonchev–Trinajstić information content (AvgIpc) is 3.20. The van der Waals surface area contributed by atoms with Gasteiger partial charge in [0.15, 0.2) is 0 Å². The highest BCUT2D eigenvalue weighted by atomic mass is 16.5. The van der Waals surface area contributed by atoms with Gasteiger partial charge in [0.1, 0.15) is 6.04 Å². The summed E-state index contributed by atoms with van der Waals surface area (Å²) < 4.78 is 4.87. The van der Waals surface area contributed by atoms with Crippen molar-refractivity contribution in [3.63, 3.8) is 0 Å².